The molecule has 0 unspecified atom stereocenters. The molecule has 0 fully saturated rings. The predicted molar refractivity (Wildman–Crippen MR) is 73.1 cm³/mol. The second-order valence-electron chi connectivity index (χ2n) is 4.40. The van der Waals surface area contributed by atoms with Gasteiger partial charge in [0.15, 0.2) is 0 Å². The summed E-state index contributed by atoms with van der Waals surface area (Å²) in [5.74, 6) is -0.135. The zero-order valence-corrected chi connectivity index (χ0v) is 10.6. The van der Waals surface area contributed by atoms with E-state index in [9.17, 15) is 4.79 Å². The lowest BCUT2D eigenvalue weighted by molar-refractivity contribution is 0.0986. The van der Waals surface area contributed by atoms with E-state index in [0.29, 0.717) is 24.2 Å². The molecule has 100 valence electrons. The summed E-state index contributed by atoms with van der Waals surface area (Å²) in [4.78, 5) is 14.2. The molecule has 6 nitrogen and oxygen atoms in total. The molecule has 2 aromatic rings. The summed E-state index contributed by atoms with van der Waals surface area (Å²) in [6.07, 6.45) is 3.45. The van der Waals surface area contributed by atoms with Gasteiger partial charge in [-0.05, 0) is 12.1 Å². The molecule has 1 aliphatic heterocycles. The fraction of sp³-hybridized carbons (Fsp3) is 0.143. The van der Waals surface area contributed by atoms with Crippen LogP contribution in [0.4, 0.5) is 5.69 Å². The van der Waals surface area contributed by atoms with Gasteiger partial charge in [-0.15, -0.1) is 0 Å². The molecule has 1 aromatic carbocycles. The number of oxime groups is 1. The molecule has 0 aliphatic carbocycles. The van der Waals surface area contributed by atoms with Gasteiger partial charge < -0.3 is 10.1 Å². The lowest BCUT2D eigenvalue weighted by Gasteiger charge is -2.29. The summed E-state index contributed by atoms with van der Waals surface area (Å²) in [5.41, 5.74) is 2.60. The van der Waals surface area contributed by atoms with Gasteiger partial charge >= 0.3 is 0 Å². The lowest BCUT2D eigenvalue weighted by Crippen LogP contribution is -2.37. The van der Waals surface area contributed by atoms with Gasteiger partial charge in [0.2, 0.25) is 0 Å². The smallest absolute Gasteiger partial charge is 0.259 e. The van der Waals surface area contributed by atoms with E-state index in [1.807, 2.05) is 24.3 Å². The average molecular weight is 268 g/mol. The predicted octanol–water partition coefficient (Wildman–Crippen LogP) is 1.71. The van der Waals surface area contributed by atoms with E-state index < -0.39 is 0 Å². The Hall–Kier alpha value is -2.76. The third kappa shape index (κ3) is 2.01. The Morgan fingerprint density at radius 3 is 2.85 bits per heavy atom. The highest BCUT2D eigenvalue weighted by molar-refractivity contribution is 6.14. The first-order chi connectivity index (χ1) is 9.81. The SMILES string of the molecule is O=C(c1ccnnc1)N1CC/C(=N/O)c2ccccc21. The van der Waals surface area contributed by atoms with Crippen molar-refractivity contribution in [2.45, 2.75) is 6.42 Å². The number of nitrogens with zero attached hydrogens (tertiary/aromatic N) is 4. The van der Waals surface area contributed by atoms with E-state index in [-0.39, 0.29) is 5.91 Å². The molecule has 0 bridgehead atoms. The van der Waals surface area contributed by atoms with Gasteiger partial charge in [0, 0.05) is 18.5 Å². The molecule has 2 heterocycles. The number of amides is 1. The summed E-state index contributed by atoms with van der Waals surface area (Å²) in [6, 6.07) is 9.02. The Bertz CT molecular complexity index is 670. The van der Waals surface area contributed by atoms with Crippen molar-refractivity contribution in [3.63, 3.8) is 0 Å². The fourth-order valence-electron chi connectivity index (χ4n) is 2.31. The maximum atomic E-state index is 12.5. The summed E-state index contributed by atoms with van der Waals surface area (Å²) in [5, 5.41) is 19.8. The van der Waals surface area contributed by atoms with E-state index in [4.69, 9.17) is 5.21 Å². The van der Waals surface area contributed by atoms with Crippen molar-refractivity contribution in [1.29, 1.82) is 0 Å². The number of benzene rings is 1. The first-order valence-electron chi connectivity index (χ1n) is 6.20. The molecule has 20 heavy (non-hydrogen) atoms. The topological polar surface area (TPSA) is 78.7 Å². The van der Waals surface area contributed by atoms with E-state index in [0.717, 1.165) is 11.3 Å². The molecule has 3 rings (SSSR count). The number of carbonyl (C=O) groups is 1. The highest BCUT2D eigenvalue weighted by atomic mass is 16.4. The molecule has 1 aromatic heterocycles. The van der Waals surface area contributed by atoms with Crippen LogP contribution in [-0.4, -0.2) is 33.6 Å². The van der Waals surface area contributed by atoms with Crippen LogP contribution in [-0.2, 0) is 0 Å². The highest BCUT2D eigenvalue weighted by Crippen LogP contribution is 2.28. The van der Waals surface area contributed by atoms with Gasteiger partial charge in [0.05, 0.1) is 29.4 Å². The van der Waals surface area contributed by atoms with Crippen LogP contribution in [0.15, 0.2) is 47.9 Å². The molecule has 1 amide bonds. The third-order valence-corrected chi connectivity index (χ3v) is 3.28. The molecule has 0 spiro atoms. The Morgan fingerprint density at radius 1 is 1.25 bits per heavy atom. The van der Waals surface area contributed by atoms with Crippen LogP contribution in [0.3, 0.4) is 0 Å². The molecular formula is C14H12N4O2. The largest absolute Gasteiger partial charge is 0.411 e. The minimum atomic E-state index is -0.135. The molecule has 0 radical (unpaired) electrons. The normalized spacial score (nSPS) is 16.0. The van der Waals surface area contributed by atoms with Crippen molar-refractivity contribution in [1.82, 2.24) is 10.2 Å². The lowest BCUT2D eigenvalue weighted by atomic mass is 9.99. The number of fused-ring (bicyclic) bond motifs is 1. The van der Waals surface area contributed by atoms with Gasteiger partial charge in [-0.3, -0.25) is 4.79 Å². The zero-order chi connectivity index (χ0) is 13.9. The van der Waals surface area contributed by atoms with Crippen LogP contribution in [0, 0.1) is 0 Å². The Balaban J connectivity index is 2.02. The quantitative estimate of drug-likeness (QED) is 0.630. The Morgan fingerprint density at radius 2 is 2.10 bits per heavy atom. The van der Waals surface area contributed by atoms with Gasteiger partial charge in [0.25, 0.3) is 5.91 Å². The highest BCUT2D eigenvalue weighted by Gasteiger charge is 2.26. The molecular weight excluding hydrogens is 256 g/mol. The van der Waals surface area contributed by atoms with Gasteiger partial charge in [0.1, 0.15) is 0 Å². The number of rotatable bonds is 1. The van der Waals surface area contributed by atoms with Crippen LogP contribution in [0.25, 0.3) is 0 Å². The number of carbonyl (C=O) groups excluding carboxylic acids is 1. The van der Waals surface area contributed by atoms with E-state index in [1.54, 1.807) is 11.0 Å². The third-order valence-electron chi connectivity index (χ3n) is 3.28. The summed E-state index contributed by atoms with van der Waals surface area (Å²) in [7, 11) is 0. The van der Waals surface area contributed by atoms with E-state index in [1.165, 1.54) is 12.4 Å². The monoisotopic (exact) mass is 268 g/mol. The molecule has 1 N–H and O–H groups in total. The fourth-order valence-corrected chi connectivity index (χ4v) is 2.31. The average Bonchev–Trinajstić information content (AvgIpc) is 2.54. The second kappa shape index (κ2) is 5.08. The van der Waals surface area contributed by atoms with Crippen molar-refractivity contribution in [2.24, 2.45) is 5.16 Å². The minimum Gasteiger partial charge on any atom is -0.411 e. The van der Waals surface area contributed by atoms with Crippen LogP contribution in [0.1, 0.15) is 22.3 Å². The van der Waals surface area contributed by atoms with Crippen LogP contribution >= 0.6 is 0 Å². The number of hydrogen-bond acceptors (Lipinski definition) is 5. The number of anilines is 1. The molecule has 0 saturated carbocycles. The number of para-hydroxylation sites is 1. The molecule has 1 aliphatic rings. The van der Waals surface area contributed by atoms with Crippen molar-refractivity contribution >= 4 is 17.3 Å². The van der Waals surface area contributed by atoms with Gasteiger partial charge in [-0.2, -0.15) is 10.2 Å². The van der Waals surface area contributed by atoms with Crippen LogP contribution in [0.2, 0.25) is 0 Å². The Kier molecular flexibility index (Phi) is 3.12. The zero-order valence-electron chi connectivity index (χ0n) is 10.6. The number of aromatic nitrogens is 2. The first-order valence-corrected chi connectivity index (χ1v) is 6.20. The standard InChI is InChI=1S/C14H12N4O2/c19-14(10-5-7-15-16-9-10)18-8-6-12(17-20)11-3-1-2-4-13(11)18/h1-5,7,9,20H,6,8H2/b17-12-. The summed E-state index contributed by atoms with van der Waals surface area (Å²) in [6.45, 7) is 0.470. The van der Waals surface area contributed by atoms with Gasteiger partial charge in [-0.1, -0.05) is 23.4 Å². The minimum absolute atomic E-state index is 0.135. The molecule has 6 heteroatoms. The summed E-state index contributed by atoms with van der Waals surface area (Å²) >= 11 is 0. The summed E-state index contributed by atoms with van der Waals surface area (Å²) < 4.78 is 0. The first kappa shape index (κ1) is 12.3. The Labute approximate surface area is 115 Å². The van der Waals surface area contributed by atoms with Crippen LogP contribution < -0.4 is 4.90 Å². The number of hydrogen-bond donors (Lipinski definition) is 1. The van der Waals surface area contributed by atoms with Crippen molar-refractivity contribution in [3.8, 4) is 0 Å². The van der Waals surface area contributed by atoms with Crippen molar-refractivity contribution < 1.29 is 10.0 Å². The van der Waals surface area contributed by atoms with Crippen LogP contribution in [0.5, 0.6) is 0 Å². The van der Waals surface area contributed by atoms with E-state index >= 15 is 0 Å². The second-order valence-corrected chi connectivity index (χ2v) is 4.40. The van der Waals surface area contributed by atoms with Crippen molar-refractivity contribution in [3.05, 3.63) is 53.9 Å². The van der Waals surface area contributed by atoms with Crippen molar-refractivity contribution in [2.75, 3.05) is 11.4 Å². The molecule has 0 atom stereocenters. The maximum Gasteiger partial charge on any atom is 0.259 e. The molecule has 0 saturated heterocycles. The van der Waals surface area contributed by atoms with Gasteiger partial charge in [-0.25, -0.2) is 0 Å². The maximum absolute atomic E-state index is 12.5. The van der Waals surface area contributed by atoms with E-state index in [2.05, 4.69) is 15.4 Å².